The quantitative estimate of drug-likeness (QED) is 0.145. The molecule has 55 heavy (non-hydrogen) atoms. The van der Waals surface area contributed by atoms with Crippen molar-refractivity contribution in [2.45, 2.75) is 0 Å². The van der Waals surface area contributed by atoms with Gasteiger partial charge in [0.1, 0.15) is 0 Å². The zero-order chi connectivity index (χ0) is 36.8. The molecule has 0 unspecified atom stereocenters. The first-order chi connectivity index (χ1) is 27.3. The fraction of sp³-hybridized carbons (Fsp3) is 0. The van der Waals surface area contributed by atoms with E-state index >= 15 is 0 Å². The molecule has 0 fully saturated rings. The monoisotopic (exact) mass is 701 g/mol. The molecule has 0 aromatic heterocycles. The fourth-order valence-electron chi connectivity index (χ4n) is 7.71. The average molecular weight is 702 g/mol. The highest BCUT2D eigenvalue weighted by atomic mass is 15.1. The molecule has 9 aromatic rings. The van der Waals surface area contributed by atoms with Crippen LogP contribution < -0.4 is 4.90 Å². The van der Waals surface area contributed by atoms with E-state index in [4.69, 9.17) is 0 Å². The lowest BCUT2D eigenvalue weighted by atomic mass is 9.88. The highest BCUT2D eigenvalue weighted by Crippen LogP contribution is 2.48. The summed E-state index contributed by atoms with van der Waals surface area (Å²) in [5, 5.41) is 0. The van der Waals surface area contributed by atoms with Crippen LogP contribution in [0.4, 0.5) is 17.1 Å². The summed E-state index contributed by atoms with van der Waals surface area (Å²) in [5.74, 6) is 0. The van der Waals surface area contributed by atoms with Crippen LogP contribution in [0.15, 0.2) is 237 Å². The Labute approximate surface area is 324 Å². The van der Waals surface area contributed by atoms with Gasteiger partial charge in [-0.15, -0.1) is 0 Å². The Balaban J connectivity index is 1.32. The summed E-state index contributed by atoms with van der Waals surface area (Å²) < 4.78 is 0. The van der Waals surface area contributed by atoms with Gasteiger partial charge < -0.3 is 4.90 Å². The Hall–Kier alpha value is -7.22. The normalized spacial score (nSPS) is 10.9. The molecule has 1 nitrogen and oxygen atoms in total. The molecule has 0 aliphatic heterocycles. The van der Waals surface area contributed by atoms with E-state index in [0.29, 0.717) is 0 Å². The molecule has 260 valence electrons. The van der Waals surface area contributed by atoms with E-state index in [1.54, 1.807) is 0 Å². The maximum absolute atomic E-state index is 2.47. The van der Waals surface area contributed by atoms with Gasteiger partial charge in [0.15, 0.2) is 0 Å². The van der Waals surface area contributed by atoms with E-state index in [9.17, 15) is 0 Å². The SMILES string of the molecule is c1ccc(-c2cc(-c3ccccc3)cc(N(c3ccccc3-c3ccccc3)c3ccccc3-c3ccccc3-c3ccccc3-c3ccccc3)c2)cc1. The summed E-state index contributed by atoms with van der Waals surface area (Å²) in [6.45, 7) is 0. The van der Waals surface area contributed by atoms with E-state index < -0.39 is 0 Å². The van der Waals surface area contributed by atoms with Crippen LogP contribution in [0.25, 0.3) is 66.8 Å². The Morgan fingerprint density at radius 3 is 1.00 bits per heavy atom. The first-order valence-corrected chi connectivity index (χ1v) is 18.9. The summed E-state index contributed by atoms with van der Waals surface area (Å²) in [6.07, 6.45) is 0. The lowest BCUT2D eigenvalue weighted by Gasteiger charge is -2.31. The van der Waals surface area contributed by atoms with Crippen LogP contribution in [0.3, 0.4) is 0 Å². The lowest BCUT2D eigenvalue weighted by molar-refractivity contribution is 1.28. The number of benzene rings is 9. The maximum Gasteiger partial charge on any atom is 0.0540 e. The van der Waals surface area contributed by atoms with E-state index in [1.165, 1.54) is 44.5 Å². The van der Waals surface area contributed by atoms with Gasteiger partial charge in [-0.1, -0.05) is 206 Å². The summed E-state index contributed by atoms with van der Waals surface area (Å²) >= 11 is 0. The molecule has 9 rings (SSSR count). The van der Waals surface area contributed by atoms with Crippen molar-refractivity contribution in [1.82, 2.24) is 0 Å². The second kappa shape index (κ2) is 15.4. The number of hydrogen-bond donors (Lipinski definition) is 0. The molecule has 1 heteroatoms. The molecular formula is C54H39N. The Bertz CT molecular complexity index is 2620. The molecule has 0 aliphatic carbocycles. The third-order valence-corrected chi connectivity index (χ3v) is 10.3. The number of hydrogen-bond acceptors (Lipinski definition) is 1. The molecule has 0 N–H and O–H groups in total. The van der Waals surface area contributed by atoms with Gasteiger partial charge in [-0.05, 0) is 86.0 Å². The van der Waals surface area contributed by atoms with Crippen molar-refractivity contribution in [2.75, 3.05) is 4.90 Å². The van der Waals surface area contributed by atoms with Gasteiger partial charge in [0.2, 0.25) is 0 Å². The van der Waals surface area contributed by atoms with Crippen molar-refractivity contribution in [2.24, 2.45) is 0 Å². The van der Waals surface area contributed by atoms with Crippen molar-refractivity contribution in [3.63, 3.8) is 0 Å². The Kier molecular flexibility index (Phi) is 9.41. The van der Waals surface area contributed by atoms with Crippen molar-refractivity contribution in [3.05, 3.63) is 237 Å². The molecule has 0 atom stereocenters. The summed E-state index contributed by atoms with van der Waals surface area (Å²) in [5.41, 5.74) is 17.4. The summed E-state index contributed by atoms with van der Waals surface area (Å²) in [6, 6.07) is 85.1. The highest BCUT2D eigenvalue weighted by molar-refractivity contribution is 5.99. The van der Waals surface area contributed by atoms with Crippen LogP contribution in [-0.4, -0.2) is 0 Å². The van der Waals surface area contributed by atoms with Crippen LogP contribution in [0, 0.1) is 0 Å². The van der Waals surface area contributed by atoms with Crippen molar-refractivity contribution in [1.29, 1.82) is 0 Å². The first kappa shape index (κ1) is 33.6. The second-order valence-electron chi connectivity index (χ2n) is 13.7. The van der Waals surface area contributed by atoms with Crippen LogP contribution in [0.1, 0.15) is 0 Å². The smallest absolute Gasteiger partial charge is 0.0540 e. The van der Waals surface area contributed by atoms with Crippen LogP contribution in [0.2, 0.25) is 0 Å². The van der Waals surface area contributed by atoms with E-state index in [2.05, 4.69) is 241 Å². The molecule has 0 saturated carbocycles. The predicted molar refractivity (Wildman–Crippen MR) is 234 cm³/mol. The van der Waals surface area contributed by atoms with E-state index in [1.807, 2.05) is 0 Å². The minimum atomic E-state index is 1.08. The van der Waals surface area contributed by atoms with Crippen molar-refractivity contribution < 1.29 is 0 Å². The minimum Gasteiger partial charge on any atom is -0.309 e. The van der Waals surface area contributed by atoms with Gasteiger partial charge >= 0.3 is 0 Å². The fourth-order valence-corrected chi connectivity index (χ4v) is 7.71. The van der Waals surface area contributed by atoms with Gasteiger partial charge in [-0.25, -0.2) is 0 Å². The standard InChI is InChI=1S/C54H39N/c1-5-21-40(22-6-1)44-37-45(41-23-7-2-8-24-41)39-46(38-44)55(53-35-19-17-30-48(53)43-27-11-4-12-28-43)54-36-20-18-34-52(54)51-33-16-15-32-50(51)49-31-14-13-29-47(49)42-25-9-3-10-26-42/h1-39H. The second-order valence-corrected chi connectivity index (χ2v) is 13.7. The zero-order valence-corrected chi connectivity index (χ0v) is 30.5. The zero-order valence-electron chi connectivity index (χ0n) is 30.5. The molecule has 9 aromatic carbocycles. The third-order valence-electron chi connectivity index (χ3n) is 10.3. The van der Waals surface area contributed by atoms with Gasteiger partial charge in [-0.2, -0.15) is 0 Å². The minimum absolute atomic E-state index is 1.08. The third kappa shape index (κ3) is 6.88. The lowest BCUT2D eigenvalue weighted by Crippen LogP contribution is -2.13. The van der Waals surface area contributed by atoms with Crippen LogP contribution in [-0.2, 0) is 0 Å². The number of anilines is 3. The highest BCUT2D eigenvalue weighted by Gasteiger charge is 2.23. The predicted octanol–water partition coefficient (Wildman–Crippen LogP) is 15.2. The summed E-state index contributed by atoms with van der Waals surface area (Å²) in [7, 11) is 0. The molecule has 0 aliphatic rings. The van der Waals surface area contributed by atoms with Crippen LogP contribution >= 0.6 is 0 Å². The van der Waals surface area contributed by atoms with Gasteiger partial charge in [0.05, 0.1) is 11.4 Å². The molecule has 0 spiro atoms. The molecule has 0 amide bonds. The number of para-hydroxylation sites is 2. The molecule has 0 heterocycles. The Morgan fingerprint density at radius 1 is 0.200 bits per heavy atom. The molecule has 0 bridgehead atoms. The largest absolute Gasteiger partial charge is 0.309 e. The molecule has 0 saturated heterocycles. The maximum atomic E-state index is 2.47. The van der Waals surface area contributed by atoms with E-state index in [0.717, 1.165) is 39.3 Å². The summed E-state index contributed by atoms with van der Waals surface area (Å²) in [4.78, 5) is 2.47. The number of nitrogens with zero attached hydrogens (tertiary/aromatic N) is 1. The van der Waals surface area contributed by atoms with Gasteiger partial charge in [0, 0.05) is 16.8 Å². The van der Waals surface area contributed by atoms with Crippen molar-refractivity contribution in [3.8, 4) is 66.8 Å². The van der Waals surface area contributed by atoms with Gasteiger partial charge in [-0.3, -0.25) is 0 Å². The Morgan fingerprint density at radius 2 is 0.509 bits per heavy atom. The van der Waals surface area contributed by atoms with Crippen molar-refractivity contribution >= 4 is 17.1 Å². The topological polar surface area (TPSA) is 3.24 Å². The number of rotatable bonds is 9. The van der Waals surface area contributed by atoms with Crippen LogP contribution in [0.5, 0.6) is 0 Å². The molecular weight excluding hydrogens is 663 g/mol. The van der Waals surface area contributed by atoms with E-state index in [-0.39, 0.29) is 0 Å². The first-order valence-electron chi connectivity index (χ1n) is 18.9. The van der Waals surface area contributed by atoms with Gasteiger partial charge in [0.25, 0.3) is 0 Å². The molecule has 0 radical (unpaired) electrons. The average Bonchev–Trinajstić information content (AvgIpc) is 3.28.